The normalized spacial score (nSPS) is 11.8. The van der Waals surface area contributed by atoms with Crippen LogP contribution in [0.1, 0.15) is 17.3 Å². The number of halogens is 3. The van der Waals surface area contributed by atoms with Gasteiger partial charge in [-0.15, -0.1) is 0 Å². The van der Waals surface area contributed by atoms with E-state index in [0.717, 1.165) is 6.92 Å². The Balaban J connectivity index is 2.25. The minimum absolute atomic E-state index is 0.109. The average Bonchev–Trinajstić information content (AvgIpc) is 2.95. The zero-order valence-corrected chi connectivity index (χ0v) is 13.1. The number of anilines is 1. The summed E-state index contributed by atoms with van der Waals surface area (Å²) in [5, 5.41) is 0.507. The number of hydrogen-bond acceptors (Lipinski definition) is 7. The van der Waals surface area contributed by atoms with Crippen molar-refractivity contribution in [3.63, 3.8) is 0 Å². The maximum Gasteiger partial charge on any atom is 0.505 e. The van der Waals surface area contributed by atoms with Gasteiger partial charge in [-0.2, -0.15) is 13.2 Å². The van der Waals surface area contributed by atoms with Crippen molar-refractivity contribution in [3.8, 4) is 5.75 Å². The Labute approximate surface area is 138 Å². The molecule has 2 aromatic rings. The van der Waals surface area contributed by atoms with Crippen molar-refractivity contribution >= 4 is 27.7 Å². The Morgan fingerprint density at radius 1 is 1.24 bits per heavy atom. The van der Waals surface area contributed by atoms with Gasteiger partial charge in [0.15, 0.2) is 0 Å². The number of oxazole rings is 1. The van der Waals surface area contributed by atoms with Crippen LogP contribution in [-0.4, -0.2) is 30.8 Å². The third-order valence-corrected chi connectivity index (χ3v) is 3.99. The fraction of sp³-hybridized carbons (Fsp3) is 0.154. The van der Waals surface area contributed by atoms with E-state index in [4.69, 9.17) is 4.74 Å². The highest BCUT2D eigenvalue weighted by Crippen LogP contribution is 2.31. The first-order chi connectivity index (χ1) is 11.5. The first kappa shape index (κ1) is 18.4. The summed E-state index contributed by atoms with van der Waals surface area (Å²) in [6, 6.07) is 4.73. The van der Waals surface area contributed by atoms with Crippen molar-refractivity contribution in [3.05, 3.63) is 36.0 Å². The smallest absolute Gasteiger partial charge is 0.426 e. The molecule has 2 rings (SSSR count). The molecule has 0 spiro atoms. The number of benzene rings is 1. The van der Waals surface area contributed by atoms with Gasteiger partial charge in [0.05, 0.1) is 11.8 Å². The first-order valence-electron chi connectivity index (χ1n) is 6.38. The fourth-order valence-corrected chi connectivity index (χ4v) is 2.23. The first-order valence-corrected chi connectivity index (χ1v) is 7.86. The molecule has 1 heterocycles. The predicted molar refractivity (Wildman–Crippen MR) is 75.4 cm³/mol. The molecule has 1 N–H and O–H groups in total. The number of aromatic nitrogens is 1. The van der Waals surface area contributed by atoms with Crippen LogP contribution in [0.3, 0.4) is 0 Å². The summed E-state index contributed by atoms with van der Waals surface area (Å²) in [5.74, 6) is -1.74. The Morgan fingerprint density at radius 2 is 1.88 bits per heavy atom. The number of nitrogens with zero attached hydrogens (tertiary/aromatic N) is 1. The van der Waals surface area contributed by atoms with E-state index in [1.165, 1.54) is 24.3 Å². The number of hydrogen-bond donors (Lipinski definition) is 1. The summed E-state index contributed by atoms with van der Waals surface area (Å²) >= 11 is 0. The van der Waals surface area contributed by atoms with Gasteiger partial charge in [0.25, 0.3) is 5.91 Å². The SMILES string of the molecule is CC(=O)Oc1ccccc1C(=O)Nc1ncc(S(=O)(=O)C(F)(F)F)o1. The van der Waals surface area contributed by atoms with Crippen molar-refractivity contribution in [2.75, 3.05) is 5.32 Å². The molecule has 0 atom stereocenters. The molecule has 1 aromatic heterocycles. The minimum atomic E-state index is -5.73. The van der Waals surface area contributed by atoms with E-state index in [1.807, 2.05) is 5.32 Å². The molecule has 0 fully saturated rings. The standard InChI is InChI=1S/C13H9F3N2O6S/c1-7(19)23-9-5-3-2-4-8(9)11(20)18-12-17-6-10(24-12)25(21,22)13(14,15)16/h2-6H,1H3,(H,17,18,20). The van der Waals surface area contributed by atoms with Gasteiger partial charge in [0, 0.05) is 6.92 Å². The summed E-state index contributed by atoms with van der Waals surface area (Å²) in [6.45, 7) is 1.11. The van der Waals surface area contributed by atoms with E-state index in [9.17, 15) is 31.2 Å². The molecular weight excluding hydrogens is 369 g/mol. The Kier molecular flexibility index (Phi) is 4.83. The number of alkyl halides is 3. The second kappa shape index (κ2) is 6.55. The molecule has 0 radical (unpaired) electrons. The van der Waals surface area contributed by atoms with Gasteiger partial charge in [0.2, 0.25) is 5.09 Å². The summed E-state index contributed by atoms with van der Waals surface area (Å²) in [5.41, 5.74) is -5.72. The average molecular weight is 378 g/mol. The molecule has 0 aliphatic carbocycles. The maximum absolute atomic E-state index is 12.4. The van der Waals surface area contributed by atoms with E-state index >= 15 is 0 Å². The Morgan fingerprint density at radius 3 is 2.48 bits per heavy atom. The Bertz CT molecular complexity index is 920. The van der Waals surface area contributed by atoms with Crippen LogP contribution in [0.5, 0.6) is 5.75 Å². The molecule has 0 saturated carbocycles. The van der Waals surface area contributed by atoms with Crippen LogP contribution in [0, 0.1) is 0 Å². The number of esters is 1. The Hall–Kier alpha value is -2.89. The number of rotatable bonds is 4. The van der Waals surface area contributed by atoms with Crippen LogP contribution in [0.25, 0.3) is 0 Å². The second-order valence-corrected chi connectivity index (χ2v) is 6.35. The van der Waals surface area contributed by atoms with E-state index in [1.54, 1.807) is 0 Å². The summed E-state index contributed by atoms with van der Waals surface area (Å²) in [4.78, 5) is 26.4. The number of sulfone groups is 1. The summed E-state index contributed by atoms with van der Waals surface area (Å²) < 4.78 is 68.8. The van der Waals surface area contributed by atoms with Gasteiger partial charge in [0.1, 0.15) is 5.75 Å². The van der Waals surface area contributed by atoms with Gasteiger partial charge < -0.3 is 9.15 Å². The molecule has 8 nitrogen and oxygen atoms in total. The number of amides is 1. The van der Waals surface area contributed by atoms with Gasteiger partial charge >= 0.3 is 27.3 Å². The topological polar surface area (TPSA) is 116 Å². The van der Waals surface area contributed by atoms with Crippen molar-refractivity contribution in [1.82, 2.24) is 4.98 Å². The molecule has 25 heavy (non-hydrogen) atoms. The molecule has 0 bridgehead atoms. The molecule has 134 valence electrons. The largest absolute Gasteiger partial charge is 0.505 e. The third-order valence-electron chi connectivity index (χ3n) is 2.66. The van der Waals surface area contributed by atoms with Gasteiger partial charge in [-0.3, -0.25) is 14.9 Å². The highest BCUT2D eigenvalue weighted by Gasteiger charge is 2.49. The third kappa shape index (κ3) is 3.96. The van der Waals surface area contributed by atoms with Crippen molar-refractivity contribution in [2.45, 2.75) is 17.5 Å². The van der Waals surface area contributed by atoms with Gasteiger partial charge in [-0.05, 0) is 12.1 Å². The molecule has 1 amide bonds. The number of ether oxygens (including phenoxy) is 1. The summed E-state index contributed by atoms with van der Waals surface area (Å²) in [6.07, 6.45) is 0.316. The summed E-state index contributed by atoms with van der Waals surface area (Å²) in [7, 11) is -5.73. The minimum Gasteiger partial charge on any atom is -0.426 e. The zero-order valence-electron chi connectivity index (χ0n) is 12.3. The second-order valence-electron chi connectivity index (χ2n) is 4.48. The van der Waals surface area contributed by atoms with Crippen LogP contribution >= 0.6 is 0 Å². The van der Waals surface area contributed by atoms with E-state index in [0.29, 0.717) is 6.20 Å². The lowest BCUT2D eigenvalue weighted by molar-refractivity contribution is -0.131. The van der Waals surface area contributed by atoms with Crippen LogP contribution in [0.4, 0.5) is 19.2 Å². The van der Waals surface area contributed by atoms with Crippen LogP contribution in [0.2, 0.25) is 0 Å². The van der Waals surface area contributed by atoms with Crippen molar-refractivity contribution < 1.29 is 40.3 Å². The lowest BCUT2D eigenvalue weighted by Crippen LogP contribution is -2.22. The lowest BCUT2D eigenvalue weighted by atomic mass is 10.2. The quantitative estimate of drug-likeness (QED) is 0.640. The van der Waals surface area contributed by atoms with Crippen LogP contribution in [-0.2, 0) is 14.6 Å². The monoisotopic (exact) mass is 378 g/mol. The maximum atomic E-state index is 12.4. The van der Waals surface area contributed by atoms with E-state index < -0.39 is 38.3 Å². The predicted octanol–water partition coefficient (Wildman–Crippen LogP) is 2.15. The van der Waals surface area contributed by atoms with Gasteiger partial charge in [-0.1, -0.05) is 12.1 Å². The van der Waals surface area contributed by atoms with E-state index in [2.05, 4.69) is 9.40 Å². The molecular formula is C13H9F3N2O6S. The highest BCUT2D eigenvalue weighted by molar-refractivity contribution is 7.92. The molecule has 12 heteroatoms. The van der Waals surface area contributed by atoms with Crippen molar-refractivity contribution in [1.29, 1.82) is 0 Å². The van der Waals surface area contributed by atoms with E-state index in [-0.39, 0.29) is 11.3 Å². The molecule has 0 aliphatic rings. The molecule has 0 unspecified atom stereocenters. The van der Waals surface area contributed by atoms with Gasteiger partial charge in [-0.25, -0.2) is 13.4 Å². The highest BCUT2D eigenvalue weighted by atomic mass is 32.2. The van der Waals surface area contributed by atoms with Crippen LogP contribution < -0.4 is 10.1 Å². The molecule has 1 aromatic carbocycles. The lowest BCUT2D eigenvalue weighted by Gasteiger charge is -2.07. The van der Waals surface area contributed by atoms with Crippen LogP contribution in [0.15, 0.2) is 40.0 Å². The number of nitrogens with one attached hydrogen (secondary N) is 1. The fourth-order valence-electron chi connectivity index (χ4n) is 1.62. The molecule has 0 saturated heterocycles. The number of carbonyl (C=O) groups excluding carboxylic acids is 2. The van der Waals surface area contributed by atoms with Crippen molar-refractivity contribution in [2.24, 2.45) is 0 Å². The zero-order chi connectivity index (χ0) is 18.8. The number of carbonyl (C=O) groups is 2. The number of para-hydroxylation sites is 1. The molecule has 0 aliphatic heterocycles.